The van der Waals surface area contributed by atoms with Gasteiger partial charge in [-0.25, -0.2) is 0 Å². The van der Waals surface area contributed by atoms with E-state index in [2.05, 4.69) is 34.7 Å². The monoisotopic (exact) mass is 342 g/mol. The largest absolute Gasteiger partial charge is 0.350 e. The van der Waals surface area contributed by atoms with E-state index in [0.29, 0.717) is 6.54 Å². The number of aryl methyl sites for hydroxylation is 1. The Morgan fingerprint density at radius 3 is 2.67 bits per heavy atom. The van der Waals surface area contributed by atoms with Gasteiger partial charge in [0.25, 0.3) is 5.91 Å². The van der Waals surface area contributed by atoms with Crippen LogP contribution >= 0.6 is 11.3 Å². The molecular weight excluding hydrogens is 316 g/mol. The molecule has 0 bridgehead atoms. The number of benzene rings is 1. The number of thiophene rings is 1. The minimum Gasteiger partial charge on any atom is -0.350 e. The predicted octanol–water partition coefficient (Wildman–Crippen LogP) is 4.26. The molecule has 24 heavy (non-hydrogen) atoms. The van der Waals surface area contributed by atoms with Gasteiger partial charge in [-0.2, -0.15) is 0 Å². The Hall–Kier alpha value is -1.65. The lowest BCUT2D eigenvalue weighted by molar-refractivity contribution is 0.0914. The molecule has 0 radical (unpaired) electrons. The van der Waals surface area contributed by atoms with Crippen molar-refractivity contribution in [3.63, 3.8) is 0 Å². The SMILES string of the molecule is Cc1ccccc1C(=O)NCC(c1cccs1)N1CCC(C)CC1. The molecule has 1 fully saturated rings. The normalized spacial score (nSPS) is 17.6. The Morgan fingerprint density at radius 2 is 2.00 bits per heavy atom. The van der Waals surface area contributed by atoms with E-state index in [1.54, 1.807) is 11.3 Å². The van der Waals surface area contributed by atoms with E-state index < -0.39 is 0 Å². The average Bonchev–Trinajstić information content (AvgIpc) is 3.11. The topological polar surface area (TPSA) is 32.3 Å². The zero-order chi connectivity index (χ0) is 16.9. The smallest absolute Gasteiger partial charge is 0.251 e. The highest BCUT2D eigenvalue weighted by Gasteiger charge is 2.25. The number of amides is 1. The van der Waals surface area contributed by atoms with Gasteiger partial charge in [-0.05, 0) is 61.8 Å². The summed E-state index contributed by atoms with van der Waals surface area (Å²) in [6.45, 7) is 7.21. The zero-order valence-electron chi connectivity index (χ0n) is 14.5. The first-order chi connectivity index (χ1) is 11.6. The number of nitrogens with zero attached hydrogens (tertiary/aromatic N) is 1. The molecule has 3 rings (SSSR count). The molecule has 1 unspecified atom stereocenters. The fourth-order valence-corrected chi connectivity index (χ4v) is 4.20. The van der Waals surface area contributed by atoms with Gasteiger partial charge in [-0.15, -0.1) is 11.3 Å². The Kier molecular flexibility index (Phi) is 5.69. The van der Waals surface area contributed by atoms with Crippen LogP contribution in [0.25, 0.3) is 0 Å². The molecule has 3 nitrogen and oxygen atoms in total. The van der Waals surface area contributed by atoms with Gasteiger partial charge in [0, 0.05) is 17.0 Å². The predicted molar refractivity (Wildman–Crippen MR) is 101 cm³/mol. The van der Waals surface area contributed by atoms with Gasteiger partial charge in [0.2, 0.25) is 0 Å². The maximum absolute atomic E-state index is 12.5. The molecular formula is C20H26N2OS. The first-order valence-electron chi connectivity index (χ1n) is 8.76. The summed E-state index contributed by atoms with van der Waals surface area (Å²) < 4.78 is 0. The molecule has 0 saturated carbocycles. The van der Waals surface area contributed by atoms with Gasteiger partial charge in [0.05, 0.1) is 6.04 Å². The number of hydrogen-bond acceptors (Lipinski definition) is 3. The second-order valence-electron chi connectivity index (χ2n) is 6.77. The maximum atomic E-state index is 12.5. The van der Waals surface area contributed by atoms with Crippen molar-refractivity contribution in [3.05, 3.63) is 57.8 Å². The summed E-state index contributed by atoms with van der Waals surface area (Å²) in [5.41, 5.74) is 1.80. The molecule has 1 N–H and O–H groups in total. The Balaban J connectivity index is 1.68. The fraction of sp³-hybridized carbons (Fsp3) is 0.450. The van der Waals surface area contributed by atoms with E-state index in [-0.39, 0.29) is 11.9 Å². The lowest BCUT2D eigenvalue weighted by atomic mass is 9.97. The van der Waals surface area contributed by atoms with Crippen LogP contribution < -0.4 is 5.32 Å². The molecule has 1 aromatic heterocycles. The van der Waals surface area contributed by atoms with Crippen LogP contribution in [-0.4, -0.2) is 30.4 Å². The first kappa shape index (κ1) is 17.2. The number of likely N-dealkylation sites (tertiary alicyclic amines) is 1. The molecule has 1 saturated heterocycles. The molecule has 1 amide bonds. The van der Waals surface area contributed by atoms with Crippen molar-refractivity contribution < 1.29 is 4.79 Å². The molecule has 1 aromatic carbocycles. The van der Waals surface area contributed by atoms with Gasteiger partial charge < -0.3 is 5.32 Å². The molecule has 0 spiro atoms. The fourth-order valence-electron chi connectivity index (χ4n) is 3.34. The van der Waals surface area contributed by atoms with Crippen molar-refractivity contribution in [3.8, 4) is 0 Å². The molecule has 1 aliphatic rings. The first-order valence-corrected chi connectivity index (χ1v) is 9.64. The third-order valence-corrected chi connectivity index (χ3v) is 5.95. The quantitative estimate of drug-likeness (QED) is 0.880. The third kappa shape index (κ3) is 4.05. The van der Waals surface area contributed by atoms with Crippen LogP contribution in [0.2, 0.25) is 0 Å². The van der Waals surface area contributed by atoms with E-state index in [1.807, 2.05) is 31.2 Å². The van der Waals surface area contributed by atoms with Crippen LogP contribution in [0.4, 0.5) is 0 Å². The van der Waals surface area contributed by atoms with E-state index in [4.69, 9.17) is 0 Å². The van der Waals surface area contributed by atoms with Crippen molar-refractivity contribution in [2.75, 3.05) is 19.6 Å². The van der Waals surface area contributed by atoms with E-state index in [0.717, 1.165) is 30.1 Å². The van der Waals surface area contributed by atoms with E-state index in [9.17, 15) is 4.79 Å². The van der Waals surface area contributed by atoms with Crippen molar-refractivity contribution in [2.24, 2.45) is 5.92 Å². The molecule has 4 heteroatoms. The van der Waals surface area contributed by atoms with Crippen molar-refractivity contribution in [1.82, 2.24) is 10.2 Å². The molecule has 128 valence electrons. The number of hydrogen-bond donors (Lipinski definition) is 1. The molecule has 1 atom stereocenters. The second-order valence-corrected chi connectivity index (χ2v) is 7.75. The highest BCUT2D eigenvalue weighted by Crippen LogP contribution is 2.29. The minimum atomic E-state index is 0.0278. The summed E-state index contributed by atoms with van der Waals surface area (Å²) in [6, 6.07) is 12.3. The molecule has 2 heterocycles. The van der Waals surface area contributed by atoms with Gasteiger partial charge >= 0.3 is 0 Å². The van der Waals surface area contributed by atoms with E-state index >= 15 is 0 Å². The average molecular weight is 343 g/mol. The van der Waals surface area contributed by atoms with Crippen molar-refractivity contribution in [1.29, 1.82) is 0 Å². The zero-order valence-corrected chi connectivity index (χ0v) is 15.3. The van der Waals surface area contributed by atoms with Crippen LogP contribution in [0, 0.1) is 12.8 Å². The standard InChI is InChI=1S/C20H26N2OS/c1-15-9-11-22(12-10-15)18(19-8-5-13-24-19)14-21-20(23)17-7-4-3-6-16(17)2/h3-8,13,15,18H,9-12,14H2,1-2H3,(H,21,23). The van der Waals surface area contributed by atoms with Crippen LogP contribution in [0.15, 0.2) is 41.8 Å². The number of rotatable bonds is 5. The molecule has 0 aliphatic carbocycles. The van der Waals surface area contributed by atoms with Crippen LogP contribution in [0.1, 0.15) is 46.6 Å². The summed E-state index contributed by atoms with van der Waals surface area (Å²) in [4.78, 5) is 16.4. The van der Waals surface area contributed by atoms with Crippen LogP contribution in [0.3, 0.4) is 0 Å². The van der Waals surface area contributed by atoms with Crippen LogP contribution in [-0.2, 0) is 0 Å². The summed E-state index contributed by atoms with van der Waals surface area (Å²) in [6.07, 6.45) is 2.49. The highest BCUT2D eigenvalue weighted by atomic mass is 32.1. The lowest BCUT2D eigenvalue weighted by Gasteiger charge is -2.36. The summed E-state index contributed by atoms with van der Waals surface area (Å²) >= 11 is 1.78. The molecule has 1 aliphatic heterocycles. The number of nitrogens with one attached hydrogen (secondary N) is 1. The number of carbonyl (C=O) groups excluding carboxylic acids is 1. The van der Waals surface area contributed by atoms with E-state index in [1.165, 1.54) is 17.7 Å². The summed E-state index contributed by atoms with van der Waals surface area (Å²) in [5, 5.41) is 5.29. The van der Waals surface area contributed by atoms with Gasteiger partial charge in [0.15, 0.2) is 0 Å². The summed E-state index contributed by atoms with van der Waals surface area (Å²) in [7, 11) is 0. The third-order valence-electron chi connectivity index (χ3n) is 4.98. The number of carbonyl (C=O) groups is 1. The maximum Gasteiger partial charge on any atom is 0.251 e. The van der Waals surface area contributed by atoms with Crippen molar-refractivity contribution in [2.45, 2.75) is 32.7 Å². The Labute approximate surface area is 148 Å². The highest BCUT2D eigenvalue weighted by molar-refractivity contribution is 7.10. The van der Waals surface area contributed by atoms with Gasteiger partial charge in [-0.1, -0.05) is 31.2 Å². The van der Waals surface area contributed by atoms with Crippen LogP contribution in [0.5, 0.6) is 0 Å². The second kappa shape index (κ2) is 7.95. The van der Waals surface area contributed by atoms with Gasteiger partial charge in [-0.3, -0.25) is 9.69 Å². The Bertz CT molecular complexity index is 660. The lowest BCUT2D eigenvalue weighted by Crippen LogP contribution is -2.41. The van der Waals surface area contributed by atoms with Crippen molar-refractivity contribution >= 4 is 17.2 Å². The molecule has 2 aromatic rings. The Morgan fingerprint density at radius 1 is 1.25 bits per heavy atom. The summed E-state index contributed by atoms with van der Waals surface area (Å²) in [5.74, 6) is 0.840. The van der Waals surface area contributed by atoms with Gasteiger partial charge in [0.1, 0.15) is 0 Å². The number of piperidine rings is 1. The minimum absolute atomic E-state index is 0.0278.